The highest BCUT2D eigenvalue weighted by atomic mass is 15.0. The Morgan fingerprint density at radius 1 is 0.551 bits per heavy atom. The van der Waals surface area contributed by atoms with Crippen molar-refractivity contribution < 1.29 is 0 Å². The van der Waals surface area contributed by atoms with Gasteiger partial charge >= 0.3 is 0 Å². The van der Waals surface area contributed by atoms with Crippen LogP contribution in [-0.4, -0.2) is 15.0 Å². The molecule has 6 atom stereocenters. The van der Waals surface area contributed by atoms with Crippen molar-refractivity contribution in [3.63, 3.8) is 0 Å². The molecule has 12 rings (SSSR count). The van der Waals surface area contributed by atoms with E-state index in [0.717, 1.165) is 59.9 Å². The van der Waals surface area contributed by atoms with E-state index < -0.39 is 5.41 Å². The van der Waals surface area contributed by atoms with Crippen LogP contribution in [0, 0.1) is 24.2 Å². The molecule has 1 aromatic heterocycles. The summed E-state index contributed by atoms with van der Waals surface area (Å²) in [6.07, 6.45) is 15.3. The monoisotopic (exact) mass is 895 g/mol. The SMILES string of the molecule is CCCC1=C(C)[C@]2(c3ccccc3C3(c4ccccc4C4C=CC=CC43C)c3ccc(-c4c(-c5nc(-c6ccccc6)nc(-c6ccccc6C)n5)ccc5ccccc45)cc32)[C@H](CCC)C1CC. The number of hydrogen-bond acceptors (Lipinski definition) is 3. The summed E-state index contributed by atoms with van der Waals surface area (Å²) in [5, 5.41) is 2.38. The van der Waals surface area contributed by atoms with Crippen molar-refractivity contribution in [3.05, 3.63) is 232 Å². The van der Waals surface area contributed by atoms with Gasteiger partial charge in [-0.15, -0.1) is 0 Å². The molecule has 69 heavy (non-hydrogen) atoms. The molecule has 0 amide bonds. The van der Waals surface area contributed by atoms with Gasteiger partial charge in [0.15, 0.2) is 17.5 Å². The summed E-state index contributed by atoms with van der Waals surface area (Å²) < 4.78 is 0. The minimum absolute atomic E-state index is 0.230. The van der Waals surface area contributed by atoms with Crippen molar-refractivity contribution in [1.29, 1.82) is 0 Å². The maximum Gasteiger partial charge on any atom is 0.164 e. The van der Waals surface area contributed by atoms with Crippen LogP contribution >= 0.6 is 0 Å². The lowest BCUT2D eigenvalue weighted by molar-refractivity contribution is 0.240. The number of aryl methyl sites for hydroxylation is 1. The Bertz CT molecular complexity index is 3430. The first-order chi connectivity index (χ1) is 33.8. The van der Waals surface area contributed by atoms with Crippen LogP contribution in [0.3, 0.4) is 0 Å². The molecule has 3 heteroatoms. The van der Waals surface area contributed by atoms with Crippen LogP contribution in [0.1, 0.15) is 112 Å². The van der Waals surface area contributed by atoms with Crippen molar-refractivity contribution in [2.45, 2.75) is 90.4 Å². The van der Waals surface area contributed by atoms with E-state index in [-0.39, 0.29) is 16.7 Å². The van der Waals surface area contributed by atoms with Crippen LogP contribution in [0.2, 0.25) is 0 Å². The van der Waals surface area contributed by atoms with E-state index >= 15 is 0 Å². The summed E-state index contributed by atoms with van der Waals surface area (Å²) in [6, 6.07) is 59.1. The number of benzene rings is 7. The number of rotatable bonds is 9. The second-order valence-electron chi connectivity index (χ2n) is 20.5. The van der Waals surface area contributed by atoms with Crippen molar-refractivity contribution in [2.24, 2.45) is 17.3 Å². The Labute approximate surface area is 408 Å². The number of aromatic nitrogens is 3. The molecule has 7 aromatic carbocycles. The number of hydrogen-bond donors (Lipinski definition) is 0. The second-order valence-corrected chi connectivity index (χ2v) is 20.5. The summed E-state index contributed by atoms with van der Waals surface area (Å²) in [4.78, 5) is 16.0. The average molecular weight is 896 g/mol. The molecule has 0 saturated carbocycles. The molecule has 3 nitrogen and oxygen atoms in total. The Balaban J connectivity index is 1.22. The maximum atomic E-state index is 5.43. The van der Waals surface area contributed by atoms with Gasteiger partial charge in [-0.25, -0.2) is 15.0 Å². The molecule has 8 aromatic rings. The lowest BCUT2D eigenvalue weighted by Gasteiger charge is -2.56. The van der Waals surface area contributed by atoms with Crippen molar-refractivity contribution >= 4 is 10.8 Å². The third-order valence-electron chi connectivity index (χ3n) is 17.2. The number of fused-ring (bicyclic) bond motifs is 12. The smallest absolute Gasteiger partial charge is 0.164 e. The van der Waals surface area contributed by atoms with Gasteiger partial charge < -0.3 is 0 Å². The topological polar surface area (TPSA) is 38.7 Å². The van der Waals surface area contributed by atoms with Crippen LogP contribution in [0.5, 0.6) is 0 Å². The van der Waals surface area contributed by atoms with Crippen LogP contribution in [0.4, 0.5) is 0 Å². The van der Waals surface area contributed by atoms with Crippen LogP contribution in [-0.2, 0) is 10.8 Å². The summed E-state index contributed by atoms with van der Waals surface area (Å²) in [5.41, 5.74) is 17.5. The van der Waals surface area contributed by atoms with E-state index in [1.54, 1.807) is 11.1 Å². The van der Waals surface area contributed by atoms with Crippen LogP contribution in [0.15, 0.2) is 193 Å². The van der Waals surface area contributed by atoms with E-state index in [9.17, 15) is 0 Å². The summed E-state index contributed by atoms with van der Waals surface area (Å²) >= 11 is 0. The highest BCUT2D eigenvalue weighted by Gasteiger charge is 2.67. The van der Waals surface area contributed by atoms with Gasteiger partial charge in [0.1, 0.15) is 0 Å². The fraction of sp³-hybridized carbons (Fsp3) is 0.258. The predicted octanol–water partition coefficient (Wildman–Crippen LogP) is 16.7. The summed E-state index contributed by atoms with van der Waals surface area (Å²) in [7, 11) is 0. The zero-order valence-electron chi connectivity index (χ0n) is 40.9. The minimum Gasteiger partial charge on any atom is -0.208 e. The fourth-order valence-corrected chi connectivity index (χ4v) is 14.6. The third-order valence-corrected chi connectivity index (χ3v) is 17.2. The van der Waals surface area contributed by atoms with Gasteiger partial charge in [-0.1, -0.05) is 222 Å². The molecule has 0 fully saturated rings. The van der Waals surface area contributed by atoms with Crippen LogP contribution in [0.25, 0.3) is 56.1 Å². The average Bonchev–Trinajstić information content (AvgIpc) is 3.76. The van der Waals surface area contributed by atoms with Crippen LogP contribution < -0.4 is 0 Å². The van der Waals surface area contributed by atoms with Gasteiger partial charge in [0.25, 0.3) is 0 Å². The highest BCUT2D eigenvalue weighted by Crippen LogP contribution is 2.73. The Kier molecular flexibility index (Phi) is 10.4. The Hall–Kier alpha value is -6.97. The first-order valence-electron chi connectivity index (χ1n) is 25.6. The first kappa shape index (κ1) is 43.3. The second kappa shape index (κ2) is 16.6. The van der Waals surface area contributed by atoms with E-state index in [2.05, 4.69) is 218 Å². The van der Waals surface area contributed by atoms with Crippen molar-refractivity contribution in [2.75, 3.05) is 0 Å². The molecule has 0 aliphatic heterocycles. The lowest BCUT2D eigenvalue weighted by atomic mass is 9.45. The molecule has 1 heterocycles. The van der Waals surface area contributed by atoms with Gasteiger partial charge in [0.05, 0.1) is 5.41 Å². The van der Waals surface area contributed by atoms with Crippen molar-refractivity contribution in [3.8, 4) is 45.3 Å². The van der Waals surface area contributed by atoms with E-state index in [1.165, 1.54) is 49.7 Å². The lowest BCUT2D eigenvalue weighted by Crippen LogP contribution is -2.52. The zero-order valence-corrected chi connectivity index (χ0v) is 40.9. The van der Waals surface area contributed by atoms with E-state index in [0.29, 0.717) is 29.3 Å². The van der Waals surface area contributed by atoms with Gasteiger partial charge in [-0.2, -0.15) is 0 Å². The fourth-order valence-electron chi connectivity index (χ4n) is 14.6. The molecular formula is C66H61N3. The maximum absolute atomic E-state index is 5.43. The van der Waals surface area contributed by atoms with Crippen molar-refractivity contribution in [1.82, 2.24) is 15.0 Å². The van der Waals surface area contributed by atoms with E-state index in [4.69, 9.17) is 15.0 Å². The van der Waals surface area contributed by atoms with Gasteiger partial charge in [0.2, 0.25) is 0 Å². The molecule has 0 bridgehead atoms. The first-order valence-corrected chi connectivity index (χ1v) is 25.6. The number of allylic oxidation sites excluding steroid dienone is 6. The Morgan fingerprint density at radius 3 is 2.01 bits per heavy atom. The molecule has 0 radical (unpaired) electrons. The zero-order chi connectivity index (χ0) is 47.1. The molecule has 0 saturated heterocycles. The minimum atomic E-state index is -0.444. The summed E-state index contributed by atoms with van der Waals surface area (Å²) in [5.74, 6) is 3.15. The van der Waals surface area contributed by atoms with Gasteiger partial charge in [-0.3, -0.25) is 0 Å². The third kappa shape index (κ3) is 6.01. The number of nitrogens with zero attached hydrogens (tertiary/aromatic N) is 3. The largest absolute Gasteiger partial charge is 0.208 e. The summed E-state index contributed by atoms with van der Waals surface area (Å²) in [6.45, 7) is 14.5. The predicted molar refractivity (Wildman–Crippen MR) is 286 cm³/mol. The van der Waals surface area contributed by atoms with Gasteiger partial charge in [-0.05, 0) is 112 Å². The molecule has 4 unspecified atom stereocenters. The normalized spacial score (nSPS) is 23.9. The highest BCUT2D eigenvalue weighted by molar-refractivity contribution is 6.04. The standard InChI is InChI=1S/C66H61N3/c1-7-23-49-43(5)65(54(24-8-2)47(49)9-3)56-34-19-20-35-57(56)66(55-33-18-17-31-51(55)53-32-21-22-40-64(53,66)6)58-39-37-46(41-59(58)65)60-50-30-16-14-26-44(50)36-38-52(60)63-68-61(45-27-11-10-12-28-45)67-62(69-63)48-29-15-13-25-42(48)4/h10-22,25-41,47,53-54H,7-9,23-24H2,1-6H3/t47?,53?,54-,64?,65-,66?/m1/s1. The molecule has 4 aliphatic carbocycles. The molecule has 4 aliphatic rings. The van der Waals surface area contributed by atoms with Gasteiger partial charge in [0, 0.05) is 39.0 Å². The molecule has 2 spiro atoms. The molecule has 340 valence electrons. The molecular weight excluding hydrogens is 835 g/mol. The Morgan fingerprint density at radius 2 is 1.23 bits per heavy atom. The quantitative estimate of drug-likeness (QED) is 0.136. The van der Waals surface area contributed by atoms with E-state index in [1.807, 2.05) is 6.07 Å². The molecule has 0 N–H and O–H groups in total.